The highest BCUT2D eigenvalue weighted by atomic mass is 32.1. The van der Waals surface area contributed by atoms with Crippen LogP contribution in [0.1, 0.15) is 19.3 Å². The van der Waals surface area contributed by atoms with Crippen molar-refractivity contribution in [2.75, 3.05) is 19.6 Å². The number of hydroxylamine groups is 2. The van der Waals surface area contributed by atoms with Crippen molar-refractivity contribution < 1.29 is 18.3 Å². The number of halogens is 1. The van der Waals surface area contributed by atoms with Gasteiger partial charge in [-0.2, -0.15) is 5.06 Å². The molecule has 4 atom stereocenters. The molecule has 3 amide bonds. The number of urea groups is 1. The number of thiol groups is 1. The molecule has 0 aromatic carbocycles. The van der Waals surface area contributed by atoms with E-state index in [1.165, 1.54) is 9.96 Å². The van der Waals surface area contributed by atoms with Crippen molar-refractivity contribution in [3.8, 4) is 0 Å². The molecule has 0 saturated carbocycles. The Hall–Kier alpha value is -1.06. The van der Waals surface area contributed by atoms with Gasteiger partial charge in [0.25, 0.3) is 0 Å². The zero-order chi connectivity index (χ0) is 15.0. The van der Waals surface area contributed by atoms with Gasteiger partial charge in [0.1, 0.15) is 12.2 Å². The van der Waals surface area contributed by atoms with Gasteiger partial charge < -0.3 is 15.5 Å². The van der Waals surface area contributed by atoms with Gasteiger partial charge in [-0.1, -0.05) is 0 Å². The second-order valence-electron chi connectivity index (χ2n) is 5.71. The van der Waals surface area contributed by atoms with Crippen molar-refractivity contribution >= 4 is 24.8 Å². The molecule has 0 radical (unpaired) electrons. The third kappa shape index (κ3) is 2.69. The van der Waals surface area contributed by atoms with Gasteiger partial charge in [-0.25, -0.2) is 13.5 Å². The third-order valence-corrected chi connectivity index (χ3v) is 4.63. The van der Waals surface area contributed by atoms with Gasteiger partial charge in [0, 0.05) is 26.0 Å². The summed E-state index contributed by atoms with van der Waals surface area (Å²) in [6.45, 7) is 1.38. The van der Waals surface area contributed by atoms with E-state index in [1.807, 2.05) is 0 Å². The number of amides is 3. The summed E-state index contributed by atoms with van der Waals surface area (Å²) in [4.78, 5) is 26.0. The van der Waals surface area contributed by atoms with Gasteiger partial charge in [-0.15, -0.1) is 0 Å². The first-order chi connectivity index (χ1) is 10.1. The number of piperidine rings is 2. The topological polar surface area (TPSA) is 73.9 Å². The minimum Gasteiger partial charge on any atom is -0.349 e. The minimum atomic E-state index is -1.09. The van der Waals surface area contributed by atoms with Gasteiger partial charge in [0.15, 0.2) is 0 Å². The number of hydrogen-bond donors (Lipinski definition) is 3. The Kier molecular flexibility index (Phi) is 4.23. The fourth-order valence-electron chi connectivity index (χ4n) is 3.27. The lowest BCUT2D eigenvalue weighted by Crippen LogP contribution is -2.56. The monoisotopic (exact) mass is 318 g/mol. The van der Waals surface area contributed by atoms with Crippen LogP contribution in [-0.2, 0) is 9.08 Å². The normalized spacial score (nSPS) is 36.0. The molecule has 21 heavy (non-hydrogen) atoms. The minimum absolute atomic E-state index is 0.0631. The SMILES string of the molecule is O=C(N[C@H]1CCNC[C@H]1F)[C@@H]1CC[C@@H]2CN1C(=O)N2OS. The Bertz CT molecular complexity index is 441. The summed E-state index contributed by atoms with van der Waals surface area (Å²) in [7, 11) is 0. The van der Waals surface area contributed by atoms with Crippen LogP contribution in [0.25, 0.3) is 0 Å². The van der Waals surface area contributed by atoms with Crippen molar-refractivity contribution in [2.45, 2.75) is 43.6 Å². The molecule has 3 aliphatic heterocycles. The summed E-state index contributed by atoms with van der Waals surface area (Å²) in [5.41, 5.74) is 0. The summed E-state index contributed by atoms with van der Waals surface area (Å²) in [6, 6.07) is -1.45. The Morgan fingerprint density at radius 2 is 2.24 bits per heavy atom. The van der Waals surface area contributed by atoms with Crippen LogP contribution in [0.2, 0.25) is 0 Å². The van der Waals surface area contributed by atoms with Crippen molar-refractivity contribution in [1.29, 1.82) is 0 Å². The molecule has 118 valence electrons. The van der Waals surface area contributed by atoms with Crippen LogP contribution in [-0.4, -0.2) is 65.8 Å². The lowest BCUT2D eigenvalue weighted by Gasteiger charge is -2.33. The first kappa shape index (κ1) is 14.9. The molecule has 2 bridgehead atoms. The van der Waals surface area contributed by atoms with Crippen molar-refractivity contribution in [1.82, 2.24) is 20.6 Å². The van der Waals surface area contributed by atoms with E-state index < -0.39 is 18.3 Å². The fourth-order valence-corrected chi connectivity index (χ4v) is 3.48. The van der Waals surface area contributed by atoms with Crippen molar-refractivity contribution in [3.63, 3.8) is 0 Å². The molecule has 0 aromatic heterocycles. The van der Waals surface area contributed by atoms with E-state index in [1.54, 1.807) is 0 Å². The first-order valence-electron chi connectivity index (χ1n) is 7.18. The van der Waals surface area contributed by atoms with Crippen molar-refractivity contribution in [2.24, 2.45) is 0 Å². The van der Waals surface area contributed by atoms with E-state index in [0.717, 1.165) is 0 Å². The lowest BCUT2D eigenvalue weighted by molar-refractivity contribution is -0.127. The van der Waals surface area contributed by atoms with Crippen LogP contribution in [0, 0.1) is 0 Å². The standard InChI is InChI=1S/C12H19FN4O3S/c13-8-5-14-4-3-9(8)15-11(18)10-2-1-7-6-16(10)12(19)17(7)20-21/h7-10,14,21H,1-6H2,(H,15,18)/t7-,8-,9+,10+/m1/s1. The number of fused-ring (bicyclic) bond motifs is 2. The molecule has 0 aliphatic carbocycles. The van der Waals surface area contributed by atoms with Crippen LogP contribution < -0.4 is 10.6 Å². The molecule has 3 aliphatic rings. The molecule has 2 N–H and O–H groups in total. The molecule has 3 rings (SSSR count). The van der Waals surface area contributed by atoms with E-state index in [0.29, 0.717) is 32.4 Å². The van der Waals surface area contributed by atoms with Crippen LogP contribution >= 0.6 is 12.9 Å². The van der Waals surface area contributed by atoms with Crippen LogP contribution in [0.15, 0.2) is 0 Å². The van der Waals surface area contributed by atoms with Crippen LogP contribution in [0.5, 0.6) is 0 Å². The number of carbonyl (C=O) groups excluding carboxylic acids is 2. The van der Waals surface area contributed by atoms with E-state index in [2.05, 4.69) is 23.5 Å². The number of nitrogens with one attached hydrogen (secondary N) is 2. The molecule has 0 spiro atoms. The molecule has 0 aromatic rings. The predicted octanol–water partition coefficient (Wildman–Crippen LogP) is -0.152. The molecule has 7 nitrogen and oxygen atoms in total. The summed E-state index contributed by atoms with van der Waals surface area (Å²) in [5, 5.41) is 6.88. The van der Waals surface area contributed by atoms with E-state index in [-0.39, 0.29) is 24.5 Å². The molecule has 9 heteroatoms. The second kappa shape index (κ2) is 5.98. The summed E-state index contributed by atoms with van der Waals surface area (Å²) in [6.07, 6.45) is 0.692. The molecule has 3 fully saturated rings. The van der Waals surface area contributed by atoms with Gasteiger partial charge in [0.05, 0.1) is 12.1 Å². The Labute approximate surface area is 127 Å². The summed E-state index contributed by atoms with van der Waals surface area (Å²) < 4.78 is 18.5. The largest absolute Gasteiger partial charge is 0.349 e. The summed E-state index contributed by atoms with van der Waals surface area (Å²) >= 11 is 3.68. The van der Waals surface area contributed by atoms with E-state index in [4.69, 9.17) is 4.28 Å². The number of nitrogens with zero attached hydrogens (tertiary/aromatic N) is 2. The lowest BCUT2D eigenvalue weighted by atomic mass is 9.98. The van der Waals surface area contributed by atoms with Crippen LogP contribution in [0.3, 0.4) is 0 Å². The number of alkyl halides is 1. The van der Waals surface area contributed by atoms with Gasteiger partial charge in [0.2, 0.25) is 5.91 Å². The first-order valence-corrected chi connectivity index (χ1v) is 7.55. The Morgan fingerprint density at radius 1 is 1.43 bits per heavy atom. The zero-order valence-electron chi connectivity index (χ0n) is 11.5. The van der Waals surface area contributed by atoms with E-state index in [9.17, 15) is 14.0 Å². The maximum absolute atomic E-state index is 13.8. The number of hydrogen-bond acceptors (Lipinski definition) is 5. The molecule has 0 unspecified atom stereocenters. The third-order valence-electron chi connectivity index (χ3n) is 4.45. The number of rotatable bonds is 3. The fraction of sp³-hybridized carbons (Fsp3) is 0.833. The highest BCUT2D eigenvalue weighted by Gasteiger charge is 2.48. The average Bonchev–Trinajstić information content (AvgIpc) is 2.73. The number of carbonyl (C=O) groups is 2. The van der Waals surface area contributed by atoms with Gasteiger partial charge in [-0.3, -0.25) is 4.79 Å². The molecule has 3 heterocycles. The highest BCUT2D eigenvalue weighted by Crippen LogP contribution is 2.30. The van der Waals surface area contributed by atoms with Crippen LogP contribution in [0.4, 0.5) is 9.18 Å². The predicted molar refractivity (Wildman–Crippen MR) is 75.1 cm³/mol. The van der Waals surface area contributed by atoms with Gasteiger partial charge >= 0.3 is 6.03 Å². The smallest absolute Gasteiger partial charge is 0.345 e. The Balaban J connectivity index is 1.64. The average molecular weight is 318 g/mol. The zero-order valence-corrected chi connectivity index (χ0v) is 12.4. The molecular weight excluding hydrogens is 299 g/mol. The summed E-state index contributed by atoms with van der Waals surface area (Å²) in [5.74, 6) is -0.280. The maximum atomic E-state index is 13.8. The molecule has 3 saturated heterocycles. The van der Waals surface area contributed by atoms with Crippen molar-refractivity contribution in [3.05, 3.63) is 0 Å². The Morgan fingerprint density at radius 3 is 2.95 bits per heavy atom. The second-order valence-corrected chi connectivity index (χ2v) is 5.88. The van der Waals surface area contributed by atoms with E-state index >= 15 is 0 Å². The molecular formula is C12H19FN4O3S. The van der Waals surface area contributed by atoms with Gasteiger partial charge in [-0.05, 0) is 25.8 Å². The maximum Gasteiger partial charge on any atom is 0.345 e. The quantitative estimate of drug-likeness (QED) is 0.500. The highest BCUT2D eigenvalue weighted by molar-refractivity contribution is 7.75.